The van der Waals surface area contributed by atoms with Crippen molar-refractivity contribution in [3.8, 4) is 0 Å². The third kappa shape index (κ3) is 4.51. The van der Waals surface area contributed by atoms with Crippen LogP contribution < -0.4 is 10.6 Å². The summed E-state index contributed by atoms with van der Waals surface area (Å²) in [5, 5.41) is 15.7. The van der Waals surface area contributed by atoms with Crippen molar-refractivity contribution in [3.63, 3.8) is 0 Å². The number of hydrogen-bond donors (Lipinski definition) is 3. The monoisotopic (exact) mass is 334 g/mol. The van der Waals surface area contributed by atoms with Crippen molar-refractivity contribution in [3.05, 3.63) is 22.7 Å². The molecule has 2 heterocycles. The Balaban J connectivity index is 0.00000220. The number of amides is 1. The largest absolute Gasteiger partial charge is 0.391 e. The fourth-order valence-electron chi connectivity index (χ4n) is 2.05. The van der Waals surface area contributed by atoms with E-state index in [1.54, 1.807) is 0 Å². The molecular formula is C13H20Cl2N4O2. The van der Waals surface area contributed by atoms with E-state index in [0.29, 0.717) is 25.5 Å². The minimum absolute atomic E-state index is 0. The molecule has 21 heavy (non-hydrogen) atoms. The predicted molar refractivity (Wildman–Crippen MR) is 83.1 cm³/mol. The summed E-state index contributed by atoms with van der Waals surface area (Å²) in [4.78, 5) is 20.4. The van der Waals surface area contributed by atoms with Crippen LogP contribution in [-0.2, 0) is 0 Å². The van der Waals surface area contributed by atoms with Crippen LogP contribution in [0.1, 0.15) is 36.1 Å². The van der Waals surface area contributed by atoms with Crippen LogP contribution in [-0.4, -0.2) is 46.7 Å². The van der Waals surface area contributed by atoms with Gasteiger partial charge in [-0.05, 0) is 0 Å². The van der Waals surface area contributed by atoms with E-state index < -0.39 is 6.10 Å². The number of nitrogens with one attached hydrogen (secondary N) is 2. The van der Waals surface area contributed by atoms with Crippen LogP contribution in [0.2, 0.25) is 5.02 Å². The number of aliphatic hydroxyl groups excluding tert-OH is 1. The maximum Gasteiger partial charge on any atom is 0.271 e. The number of hydrogen-bond acceptors (Lipinski definition) is 5. The van der Waals surface area contributed by atoms with Gasteiger partial charge < -0.3 is 15.7 Å². The molecule has 0 radical (unpaired) electrons. The van der Waals surface area contributed by atoms with Gasteiger partial charge in [0.25, 0.3) is 5.91 Å². The predicted octanol–water partition coefficient (Wildman–Crippen LogP) is 0.985. The van der Waals surface area contributed by atoms with Crippen molar-refractivity contribution in [1.82, 2.24) is 20.6 Å². The van der Waals surface area contributed by atoms with E-state index >= 15 is 0 Å². The molecule has 1 amide bonds. The molecule has 1 aliphatic rings. The lowest BCUT2D eigenvalue weighted by atomic mass is 10.1. The second-order valence-electron chi connectivity index (χ2n) is 5.28. The van der Waals surface area contributed by atoms with Gasteiger partial charge in [-0.3, -0.25) is 4.79 Å². The lowest BCUT2D eigenvalue weighted by Crippen LogP contribution is -2.35. The molecule has 1 saturated heterocycles. The number of rotatable bonds is 4. The summed E-state index contributed by atoms with van der Waals surface area (Å²) in [7, 11) is 0. The summed E-state index contributed by atoms with van der Waals surface area (Å²) in [6, 6.07) is 0. The van der Waals surface area contributed by atoms with Gasteiger partial charge in [0.1, 0.15) is 11.5 Å². The SMILES string of the molecule is CC(C)c1ncc(Cl)c(C(=O)NCC2CNCC2O)n1.Cl. The summed E-state index contributed by atoms with van der Waals surface area (Å²) >= 11 is 5.97. The van der Waals surface area contributed by atoms with Crippen LogP contribution >= 0.6 is 24.0 Å². The Morgan fingerprint density at radius 3 is 2.86 bits per heavy atom. The number of halogens is 2. The highest BCUT2D eigenvalue weighted by molar-refractivity contribution is 6.33. The first-order chi connectivity index (χ1) is 9.49. The van der Waals surface area contributed by atoms with Crippen LogP contribution in [0.3, 0.4) is 0 Å². The number of β-amino-alcohol motifs (C(OH)–C–C–N with tert-alkyl or cyclic N) is 1. The lowest BCUT2D eigenvalue weighted by Gasteiger charge is -2.14. The van der Waals surface area contributed by atoms with E-state index in [1.807, 2.05) is 13.8 Å². The smallest absolute Gasteiger partial charge is 0.271 e. The fraction of sp³-hybridized carbons (Fsp3) is 0.615. The Labute approximate surface area is 135 Å². The molecular weight excluding hydrogens is 315 g/mol. The molecule has 6 nitrogen and oxygen atoms in total. The van der Waals surface area contributed by atoms with Crippen LogP contribution in [0.5, 0.6) is 0 Å². The van der Waals surface area contributed by atoms with Gasteiger partial charge in [-0.15, -0.1) is 12.4 Å². The van der Waals surface area contributed by atoms with Gasteiger partial charge in [-0.25, -0.2) is 9.97 Å². The highest BCUT2D eigenvalue weighted by atomic mass is 35.5. The van der Waals surface area contributed by atoms with E-state index in [9.17, 15) is 9.90 Å². The summed E-state index contributed by atoms with van der Waals surface area (Å²) in [6.07, 6.45) is 1.02. The highest BCUT2D eigenvalue weighted by Crippen LogP contribution is 2.16. The summed E-state index contributed by atoms with van der Waals surface area (Å²) in [5.74, 6) is 0.393. The quantitative estimate of drug-likeness (QED) is 0.764. The van der Waals surface area contributed by atoms with E-state index in [4.69, 9.17) is 11.6 Å². The van der Waals surface area contributed by atoms with Gasteiger partial charge in [0.15, 0.2) is 0 Å². The molecule has 8 heteroatoms. The zero-order chi connectivity index (χ0) is 14.7. The van der Waals surface area contributed by atoms with Crippen LogP contribution in [0.25, 0.3) is 0 Å². The molecule has 118 valence electrons. The first-order valence-corrected chi connectivity index (χ1v) is 7.06. The summed E-state index contributed by atoms with van der Waals surface area (Å²) in [6.45, 7) is 5.55. The highest BCUT2D eigenvalue weighted by Gasteiger charge is 2.25. The van der Waals surface area contributed by atoms with E-state index in [-0.39, 0.29) is 40.9 Å². The summed E-state index contributed by atoms with van der Waals surface area (Å²) in [5.41, 5.74) is 0.186. The standard InChI is InChI=1S/C13H19ClN4O2.ClH/c1-7(2)12-16-5-9(14)11(18-12)13(20)17-4-8-3-15-6-10(8)19;/h5,7-8,10,15,19H,3-4,6H2,1-2H3,(H,17,20);1H. The maximum atomic E-state index is 12.1. The molecule has 1 aromatic rings. The molecule has 0 saturated carbocycles. The second kappa shape index (κ2) is 7.89. The van der Waals surface area contributed by atoms with Crippen molar-refractivity contribution in [2.75, 3.05) is 19.6 Å². The average molecular weight is 335 g/mol. The number of carbonyl (C=O) groups excluding carboxylic acids is 1. The summed E-state index contributed by atoms with van der Waals surface area (Å²) < 4.78 is 0. The van der Waals surface area contributed by atoms with E-state index in [1.165, 1.54) is 6.20 Å². The van der Waals surface area contributed by atoms with E-state index in [2.05, 4.69) is 20.6 Å². The van der Waals surface area contributed by atoms with Crippen LogP contribution in [0, 0.1) is 5.92 Å². The molecule has 0 bridgehead atoms. The first-order valence-electron chi connectivity index (χ1n) is 6.68. The molecule has 1 fully saturated rings. The molecule has 3 N–H and O–H groups in total. The maximum absolute atomic E-state index is 12.1. The van der Waals surface area contributed by atoms with Gasteiger partial charge in [0.05, 0.1) is 17.3 Å². The van der Waals surface area contributed by atoms with Gasteiger partial charge in [0.2, 0.25) is 0 Å². The Morgan fingerprint density at radius 2 is 2.29 bits per heavy atom. The van der Waals surface area contributed by atoms with Crippen molar-refractivity contribution in [2.24, 2.45) is 5.92 Å². The molecule has 0 spiro atoms. The van der Waals surface area contributed by atoms with Crippen LogP contribution in [0.15, 0.2) is 6.20 Å². The molecule has 1 aliphatic heterocycles. The Kier molecular flexibility index (Phi) is 6.80. The third-order valence-corrected chi connectivity index (χ3v) is 3.60. The Hall–Kier alpha value is -0.950. The van der Waals surface area contributed by atoms with Gasteiger partial charge >= 0.3 is 0 Å². The van der Waals surface area contributed by atoms with Gasteiger partial charge in [-0.2, -0.15) is 0 Å². The van der Waals surface area contributed by atoms with Crippen molar-refractivity contribution in [2.45, 2.75) is 25.9 Å². The zero-order valence-corrected chi connectivity index (χ0v) is 13.5. The van der Waals surface area contributed by atoms with Crippen molar-refractivity contribution in [1.29, 1.82) is 0 Å². The van der Waals surface area contributed by atoms with E-state index in [0.717, 1.165) is 0 Å². The van der Waals surface area contributed by atoms with Crippen molar-refractivity contribution >= 4 is 29.9 Å². The Morgan fingerprint density at radius 1 is 1.57 bits per heavy atom. The minimum atomic E-state index is -0.428. The molecule has 0 aromatic carbocycles. The molecule has 2 unspecified atom stereocenters. The van der Waals surface area contributed by atoms with Gasteiger partial charge in [0, 0.05) is 31.5 Å². The molecule has 2 atom stereocenters. The number of aromatic nitrogens is 2. The van der Waals surface area contributed by atoms with Gasteiger partial charge in [-0.1, -0.05) is 25.4 Å². The van der Waals surface area contributed by atoms with Crippen LogP contribution in [0.4, 0.5) is 0 Å². The normalized spacial score (nSPS) is 21.2. The average Bonchev–Trinajstić information content (AvgIpc) is 2.81. The number of nitrogens with zero attached hydrogens (tertiary/aromatic N) is 2. The third-order valence-electron chi connectivity index (χ3n) is 3.32. The number of aliphatic hydroxyl groups is 1. The fourth-order valence-corrected chi connectivity index (χ4v) is 2.23. The topological polar surface area (TPSA) is 87.1 Å². The van der Waals surface area contributed by atoms with Crippen molar-refractivity contribution < 1.29 is 9.90 Å². The molecule has 2 rings (SSSR count). The zero-order valence-electron chi connectivity index (χ0n) is 12.0. The minimum Gasteiger partial charge on any atom is -0.391 e. The lowest BCUT2D eigenvalue weighted by molar-refractivity contribution is 0.0922. The Bertz CT molecular complexity index is 499. The molecule has 0 aliphatic carbocycles. The first kappa shape index (κ1) is 18.1. The molecule has 1 aromatic heterocycles. The second-order valence-corrected chi connectivity index (χ2v) is 5.68. The number of carbonyl (C=O) groups is 1.